The smallest absolute Gasteiger partial charge is 0.118 e. The van der Waals surface area contributed by atoms with Gasteiger partial charge in [-0.2, -0.15) is 0 Å². The van der Waals surface area contributed by atoms with Gasteiger partial charge in [0.25, 0.3) is 0 Å². The van der Waals surface area contributed by atoms with Crippen LogP contribution in [0.1, 0.15) is 12.0 Å². The molecule has 0 saturated heterocycles. The fraction of sp³-hybridized carbons (Fsp3) is 0.294. The molecule has 104 valence electrons. The van der Waals surface area contributed by atoms with Crippen LogP contribution in [0.4, 0.5) is 5.69 Å². The molecular weight excluding hydrogens is 266 g/mol. The fourth-order valence-corrected chi connectivity index (χ4v) is 3.58. The van der Waals surface area contributed by atoms with Gasteiger partial charge in [-0.1, -0.05) is 18.2 Å². The highest BCUT2D eigenvalue weighted by atomic mass is 32.2. The summed E-state index contributed by atoms with van der Waals surface area (Å²) in [6, 6.07) is 17.0. The van der Waals surface area contributed by atoms with E-state index in [0.717, 1.165) is 18.7 Å². The van der Waals surface area contributed by atoms with Gasteiger partial charge in [0, 0.05) is 22.4 Å². The summed E-state index contributed by atoms with van der Waals surface area (Å²) in [5.41, 5.74) is 2.73. The molecule has 3 heteroatoms. The second-order valence-corrected chi connectivity index (χ2v) is 6.37. The molecule has 1 N–H and O–H groups in total. The normalized spacial score (nSPS) is 17.8. The molecule has 0 bridgehead atoms. The highest BCUT2D eigenvalue weighted by molar-refractivity contribution is 8.00. The summed E-state index contributed by atoms with van der Waals surface area (Å²) in [6.07, 6.45) is 2.36. The molecule has 0 aliphatic carbocycles. The van der Waals surface area contributed by atoms with Crippen molar-refractivity contribution in [2.24, 2.45) is 0 Å². The molecular formula is C17H19NOS. The van der Waals surface area contributed by atoms with Crippen LogP contribution in [0.3, 0.4) is 0 Å². The first-order valence-corrected chi connectivity index (χ1v) is 7.85. The SMILES string of the molecule is COc1ccc(SC2CCc3ccccc3NC2)cc1. The zero-order valence-electron chi connectivity index (χ0n) is 11.6. The largest absolute Gasteiger partial charge is 0.497 e. The van der Waals surface area contributed by atoms with Gasteiger partial charge in [0.15, 0.2) is 0 Å². The minimum absolute atomic E-state index is 0.607. The van der Waals surface area contributed by atoms with Crippen molar-refractivity contribution in [1.29, 1.82) is 0 Å². The monoisotopic (exact) mass is 285 g/mol. The molecule has 2 aromatic carbocycles. The topological polar surface area (TPSA) is 21.3 Å². The summed E-state index contributed by atoms with van der Waals surface area (Å²) in [5, 5.41) is 4.18. The van der Waals surface area contributed by atoms with Crippen LogP contribution in [-0.4, -0.2) is 18.9 Å². The molecule has 1 unspecified atom stereocenters. The summed E-state index contributed by atoms with van der Waals surface area (Å²) in [7, 11) is 1.70. The van der Waals surface area contributed by atoms with Crippen molar-refractivity contribution in [3.8, 4) is 5.75 Å². The van der Waals surface area contributed by atoms with Crippen molar-refractivity contribution >= 4 is 17.4 Å². The van der Waals surface area contributed by atoms with Gasteiger partial charge in [-0.15, -0.1) is 11.8 Å². The molecule has 20 heavy (non-hydrogen) atoms. The molecule has 0 aromatic heterocycles. The third-order valence-electron chi connectivity index (χ3n) is 3.64. The van der Waals surface area contributed by atoms with Crippen molar-refractivity contribution in [2.75, 3.05) is 19.0 Å². The van der Waals surface area contributed by atoms with Crippen LogP contribution in [0.2, 0.25) is 0 Å². The van der Waals surface area contributed by atoms with E-state index in [1.165, 1.54) is 22.6 Å². The first-order valence-electron chi connectivity index (χ1n) is 6.97. The van der Waals surface area contributed by atoms with E-state index in [0.29, 0.717) is 5.25 Å². The molecule has 2 nitrogen and oxygen atoms in total. The molecule has 0 fully saturated rings. The molecule has 1 aliphatic rings. The van der Waals surface area contributed by atoms with Gasteiger partial charge in [0.05, 0.1) is 7.11 Å². The number of thioether (sulfide) groups is 1. The zero-order chi connectivity index (χ0) is 13.8. The number of hydrogen-bond donors (Lipinski definition) is 1. The summed E-state index contributed by atoms with van der Waals surface area (Å²) in [5.74, 6) is 0.917. The average molecular weight is 285 g/mol. The second kappa shape index (κ2) is 6.23. The van der Waals surface area contributed by atoms with E-state index in [9.17, 15) is 0 Å². The number of aryl methyl sites for hydroxylation is 1. The first kappa shape index (κ1) is 13.4. The van der Waals surface area contributed by atoms with Crippen LogP contribution in [0.15, 0.2) is 53.4 Å². The average Bonchev–Trinajstić information content (AvgIpc) is 2.71. The molecule has 0 saturated carbocycles. The Morgan fingerprint density at radius 2 is 1.90 bits per heavy atom. The summed E-state index contributed by atoms with van der Waals surface area (Å²) in [4.78, 5) is 1.31. The lowest BCUT2D eigenvalue weighted by atomic mass is 10.1. The summed E-state index contributed by atoms with van der Waals surface area (Å²) >= 11 is 1.95. The van der Waals surface area contributed by atoms with Gasteiger partial charge in [0.1, 0.15) is 5.75 Å². The maximum absolute atomic E-state index is 5.20. The number of hydrogen-bond acceptors (Lipinski definition) is 3. The lowest BCUT2D eigenvalue weighted by molar-refractivity contribution is 0.414. The van der Waals surface area contributed by atoms with Gasteiger partial charge in [-0.3, -0.25) is 0 Å². The quantitative estimate of drug-likeness (QED) is 0.912. The van der Waals surface area contributed by atoms with Crippen LogP contribution in [-0.2, 0) is 6.42 Å². The number of benzene rings is 2. The van der Waals surface area contributed by atoms with Crippen LogP contribution in [0, 0.1) is 0 Å². The molecule has 0 spiro atoms. The van der Waals surface area contributed by atoms with Gasteiger partial charge >= 0.3 is 0 Å². The van der Waals surface area contributed by atoms with Crippen molar-refractivity contribution in [1.82, 2.24) is 0 Å². The molecule has 0 amide bonds. The number of nitrogens with one attached hydrogen (secondary N) is 1. The van der Waals surface area contributed by atoms with E-state index in [1.54, 1.807) is 7.11 Å². The number of rotatable bonds is 3. The van der Waals surface area contributed by atoms with Gasteiger partial charge in [-0.25, -0.2) is 0 Å². The number of anilines is 1. The molecule has 0 radical (unpaired) electrons. The van der Waals surface area contributed by atoms with Crippen LogP contribution < -0.4 is 10.1 Å². The van der Waals surface area contributed by atoms with Crippen LogP contribution >= 0.6 is 11.8 Å². The molecule has 1 heterocycles. The molecule has 3 rings (SSSR count). The fourth-order valence-electron chi connectivity index (χ4n) is 2.50. The van der Waals surface area contributed by atoms with Gasteiger partial charge in [-0.05, 0) is 48.7 Å². The highest BCUT2D eigenvalue weighted by Crippen LogP contribution is 2.31. The third kappa shape index (κ3) is 3.10. The Balaban J connectivity index is 1.65. The maximum Gasteiger partial charge on any atom is 0.118 e. The Hall–Kier alpha value is -1.61. The summed E-state index contributed by atoms with van der Waals surface area (Å²) in [6.45, 7) is 1.02. The van der Waals surface area contributed by atoms with E-state index >= 15 is 0 Å². The third-order valence-corrected chi connectivity index (χ3v) is 4.92. The van der Waals surface area contributed by atoms with Crippen molar-refractivity contribution in [3.63, 3.8) is 0 Å². The van der Waals surface area contributed by atoms with Crippen LogP contribution in [0.25, 0.3) is 0 Å². The van der Waals surface area contributed by atoms with Crippen LogP contribution in [0.5, 0.6) is 5.75 Å². The number of fused-ring (bicyclic) bond motifs is 1. The number of ether oxygens (including phenoxy) is 1. The Bertz CT molecular complexity index is 540. The predicted molar refractivity (Wildman–Crippen MR) is 85.9 cm³/mol. The van der Waals surface area contributed by atoms with E-state index in [-0.39, 0.29) is 0 Å². The lowest BCUT2D eigenvalue weighted by Gasteiger charge is -2.14. The Labute approximate surface area is 124 Å². The van der Waals surface area contributed by atoms with E-state index in [4.69, 9.17) is 4.74 Å². The predicted octanol–water partition coefficient (Wildman–Crippen LogP) is 4.21. The highest BCUT2D eigenvalue weighted by Gasteiger charge is 2.16. The Kier molecular flexibility index (Phi) is 4.16. The summed E-state index contributed by atoms with van der Waals surface area (Å²) < 4.78 is 5.20. The number of para-hydroxylation sites is 1. The van der Waals surface area contributed by atoms with E-state index in [2.05, 4.69) is 41.7 Å². The van der Waals surface area contributed by atoms with Gasteiger partial charge in [0.2, 0.25) is 0 Å². The number of methoxy groups -OCH3 is 1. The maximum atomic E-state index is 5.20. The Morgan fingerprint density at radius 1 is 1.10 bits per heavy atom. The standard InChI is InChI=1S/C17H19NOS/c1-19-14-7-10-15(11-8-14)20-16-9-6-13-4-2-3-5-17(13)18-12-16/h2-5,7-8,10-11,16,18H,6,9,12H2,1H3. The Morgan fingerprint density at radius 3 is 2.70 bits per heavy atom. The lowest BCUT2D eigenvalue weighted by Crippen LogP contribution is -2.14. The van der Waals surface area contributed by atoms with Crippen molar-refractivity contribution in [3.05, 3.63) is 54.1 Å². The minimum atomic E-state index is 0.607. The second-order valence-electron chi connectivity index (χ2n) is 4.99. The molecule has 2 aromatic rings. The van der Waals surface area contributed by atoms with E-state index < -0.39 is 0 Å². The zero-order valence-corrected chi connectivity index (χ0v) is 12.5. The van der Waals surface area contributed by atoms with Crippen molar-refractivity contribution < 1.29 is 4.74 Å². The van der Waals surface area contributed by atoms with Gasteiger partial charge < -0.3 is 10.1 Å². The molecule has 1 aliphatic heterocycles. The van der Waals surface area contributed by atoms with Crippen molar-refractivity contribution in [2.45, 2.75) is 23.0 Å². The van der Waals surface area contributed by atoms with E-state index in [1.807, 2.05) is 23.9 Å². The molecule has 1 atom stereocenters. The first-order chi connectivity index (χ1) is 9.85. The minimum Gasteiger partial charge on any atom is -0.497 e.